The standard InChI is InChI=1S/C22H25N3O2S3/c1-15-7-8-18-17(11-15)12-19(30-18)21-24-25-22(27-21)29-14-20(26)23-9-10-28-13-16-5-3-2-4-6-16/h2-6,12,15H,7-11,13-14H2,1H3,(H,23,26)/t15-/m1/s1. The lowest BCUT2D eigenvalue weighted by atomic mass is 9.90. The Morgan fingerprint density at radius 1 is 1.30 bits per heavy atom. The average Bonchev–Trinajstić information content (AvgIpc) is 3.39. The summed E-state index contributed by atoms with van der Waals surface area (Å²) in [5, 5.41) is 11.7. The van der Waals surface area contributed by atoms with E-state index >= 15 is 0 Å². The number of carbonyl (C=O) groups is 1. The lowest BCUT2D eigenvalue weighted by molar-refractivity contribution is -0.118. The maximum atomic E-state index is 12.1. The monoisotopic (exact) mass is 459 g/mol. The molecular weight excluding hydrogens is 434 g/mol. The average molecular weight is 460 g/mol. The van der Waals surface area contributed by atoms with Crippen molar-refractivity contribution in [2.75, 3.05) is 18.1 Å². The second-order valence-corrected chi connectivity index (χ2v) is 10.6. The number of aryl methyl sites for hydroxylation is 1. The topological polar surface area (TPSA) is 68.0 Å². The number of hydrogen-bond acceptors (Lipinski definition) is 7. The predicted octanol–water partition coefficient (Wildman–Crippen LogP) is 5.06. The number of nitrogens with zero attached hydrogens (tertiary/aromatic N) is 2. The maximum absolute atomic E-state index is 12.1. The minimum Gasteiger partial charge on any atom is -0.410 e. The van der Waals surface area contributed by atoms with Crippen molar-refractivity contribution >= 4 is 40.8 Å². The van der Waals surface area contributed by atoms with E-state index in [1.807, 2.05) is 30.0 Å². The molecule has 0 spiro atoms. The summed E-state index contributed by atoms with van der Waals surface area (Å²) in [6.07, 6.45) is 3.52. The summed E-state index contributed by atoms with van der Waals surface area (Å²) in [5.74, 6) is 3.41. The van der Waals surface area contributed by atoms with Gasteiger partial charge in [-0.05, 0) is 42.4 Å². The molecule has 5 nitrogen and oxygen atoms in total. The van der Waals surface area contributed by atoms with Gasteiger partial charge in [-0.15, -0.1) is 21.5 Å². The van der Waals surface area contributed by atoms with Crippen LogP contribution < -0.4 is 5.32 Å². The van der Waals surface area contributed by atoms with Crippen LogP contribution in [0.3, 0.4) is 0 Å². The van der Waals surface area contributed by atoms with Crippen molar-refractivity contribution in [3.63, 3.8) is 0 Å². The number of benzene rings is 1. The molecule has 0 aliphatic heterocycles. The summed E-state index contributed by atoms with van der Waals surface area (Å²) >= 11 is 4.85. The van der Waals surface area contributed by atoms with Crippen molar-refractivity contribution < 1.29 is 9.21 Å². The molecule has 30 heavy (non-hydrogen) atoms. The molecule has 0 unspecified atom stereocenters. The van der Waals surface area contributed by atoms with Crippen molar-refractivity contribution in [2.45, 2.75) is 37.2 Å². The second kappa shape index (κ2) is 10.5. The Hall–Kier alpha value is -1.77. The number of hydrogen-bond donors (Lipinski definition) is 1. The van der Waals surface area contributed by atoms with Gasteiger partial charge in [0.1, 0.15) is 0 Å². The minimum absolute atomic E-state index is 0.0133. The van der Waals surface area contributed by atoms with Gasteiger partial charge >= 0.3 is 0 Å². The van der Waals surface area contributed by atoms with Gasteiger partial charge in [-0.2, -0.15) is 11.8 Å². The molecule has 0 radical (unpaired) electrons. The molecule has 2 heterocycles. The van der Waals surface area contributed by atoms with Gasteiger partial charge in [0.05, 0.1) is 10.6 Å². The van der Waals surface area contributed by atoms with Gasteiger partial charge in [-0.1, -0.05) is 49.0 Å². The highest BCUT2D eigenvalue weighted by molar-refractivity contribution is 7.99. The molecule has 4 rings (SSSR count). The van der Waals surface area contributed by atoms with E-state index in [0.29, 0.717) is 17.7 Å². The third-order valence-corrected chi connectivity index (χ3v) is 8.03. The van der Waals surface area contributed by atoms with Gasteiger partial charge in [0.2, 0.25) is 5.91 Å². The van der Waals surface area contributed by atoms with Crippen molar-refractivity contribution in [2.24, 2.45) is 5.92 Å². The third-order valence-electron chi connectivity index (χ3n) is 4.95. The zero-order chi connectivity index (χ0) is 20.8. The lowest BCUT2D eigenvalue weighted by Gasteiger charge is -2.16. The zero-order valence-electron chi connectivity index (χ0n) is 16.9. The first-order valence-corrected chi connectivity index (χ1v) is 13.1. The molecule has 0 saturated heterocycles. The maximum Gasteiger partial charge on any atom is 0.277 e. The highest BCUT2D eigenvalue weighted by atomic mass is 32.2. The van der Waals surface area contributed by atoms with E-state index < -0.39 is 0 Å². The first-order valence-electron chi connectivity index (χ1n) is 10.1. The van der Waals surface area contributed by atoms with Crippen LogP contribution in [0.4, 0.5) is 0 Å². The Labute approximate surface area is 189 Å². The van der Waals surface area contributed by atoms with Crippen molar-refractivity contribution in [3.05, 3.63) is 52.4 Å². The third kappa shape index (κ3) is 5.89. The van der Waals surface area contributed by atoms with Crippen LogP contribution in [0, 0.1) is 5.92 Å². The molecule has 8 heteroatoms. The molecule has 2 aromatic heterocycles. The molecule has 1 aliphatic rings. The summed E-state index contributed by atoms with van der Waals surface area (Å²) in [6, 6.07) is 12.5. The van der Waals surface area contributed by atoms with Crippen LogP contribution in [0.5, 0.6) is 0 Å². The summed E-state index contributed by atoms with van der Waals surface area (Å²) in [4.78, 5) is 14.5. The lowest BCUT2D eigenvalue weighted by Crippen LogP contribution is -2.27. The van der Waals surface area contributed by atoms with Crippen LogP contribution in [0.1, 0.15) is 29.3 Å². The number of thioether (sulfide) groups is 2. The predicted molar refractivity (Wildman–Crippen MR) is 125 cm³/mol. The van der Waals surface area contributed by atoms with Gasteiger partial charge in [0, 0.05) is 22.9 Å². The van der Waals surface area contributed by atoms with Crippen LogP contribution >= 0.6 is 34.9 Å². The molecule has 158 valence electrons. The van der Waals surface area contributed by atoms with Crippen LogP contribution in [0.25, 0.3) is 10.8 Å². The minimum atomic E-state index is -0.0133. The number of thiophene rings is 1. The van der Waals surface area contributed by atoms with E-state index in [2.05, 4.69) is 40.6 Å². The number of aromatic nitrogens is 2. The first kappa shape index (κ1) is 21.5. The fourth-order valence-corrected chi connectivity index (χ4v) is 5.93. The van der Waals surface area contributed by atoms with Crippen LogP contribution in [0.15, 0.2) is 46.0 Å². The van der Waals surface area contributed by atoms with Crippen LogP contribution in [-0.4, -0.2) is 34.2 Å². The number of nitrogens with one attached hydrogen (secondary N) is 1. The van der Waals surface area contributed by atoms with Gasteiger partial charge in [-0.3, -0.25) is 4.79 Å². The van der Waals surface area contributed by atoms with E-state index in [1.165, 1.54) is 34.2 Å². The molecule has 1 aliphatic carbocycles. The van der Waals surface area contributed by atoms with Crippen LogP contribution in [0.2, 0.25) is 0 Å². The summed E-state index contributed by atoms with van der Waals surface area (Å²) in [6.45, 7) is 2.96. The zero-order valence-corrected chi connectivity index (χ0v) is 19.4. The molecule has 0 bridgehead atoms. The van der Waals surface area contributed by atoms with Gasteiger partial charge in [0.25, 0.3) is 11.1 Å². The SMILES string of the molecule is C[C@@H]1CCc2sc(-c3nnc(SCC(=O)NCCSCc4ccccc4)o3)cc2C1. The van der Waals surface area contributed by atoms with Crippen LogP contribution in [-0.2, 0) is 23.4 Å². The van der Waals surface area contributed by atoms with Gasteiger partial charge in [-0.25, -0.2) is 0 Å². The van der Waals surface area contributed by atoms with Crippen molar-refractivity contribution in [3.8, 4) is 10.8 Å². The Kier molecular flexibility index (Phi) is 7.52. The Morgan fingerprint density at radius 3 is 3.03 bits per heavy atom. The molecule has 1 amide bonds. The van der Waals surface area contributed by atoms with E-state index in [0.717, 1.165) is 35.1 Å². The molecular formula is C22H25N3O2S3. The van der Waals surface area contributed by atoms with Crippen molar-refractivity contribution in [1.29, 1.82) is 0 Å². The number of fused-ring (bicyclic) bond motifs is 1. The second-order valence-electron chi connectivity index (χ2n) is 7.46. The van der Waals surface area contributed by atoms with E-state index in [9.17, 15) is 4.79 Å². The summed E-state index contributed by atoms with van der Waals surface area (Å²) in [5.41, 5.74) is 2.73. The Bertz CT molecular complexity index is 971. The quantitative estimate of drug-likeness (QED) is 0.356. The molecule has 1 atom stereocenters. The van der Waals surface area contributed by atoms with E-state index in [4.69, 9.17) is 4.42 Å². The van der Waals surface area contributed by atoms with E-state index in [1.54, 1.807) is 11.3 Å². The highest BCUT2D eigenvalue weighted by Crippen LogP contribution is 2.37. The van der Waals surface area contributed by atoms with Gasteiger partial charge in [0.15, 0.2) is 0 Å². The largest absolute Gasteiger partial charge is 0.410 e. The number of amides is 1. The molecule has 0 fully saturated rings. The fraction of sp³-hybridized carbons (Fsp3) is 0.409. The first-order chi connectivity index (χ1) is 14.7. The molecule has 3 aromatic rings. The fourth-order valence-electron chi connectivity index (χ4n) is 3.38. The highest BCUT2D eigenvalue weighted by Gasteiger charge is 2.21. The normalized spacial score (nSPS) is 15.7. The molecule has 0 saturated carbocycles. The Morgan fingerprint density at radius 2 is 2.17 bits per heavy atom. The summed E-state index contributed by atoms with van der Waals surface area (Å²) < 4.78 is 5.78. The molecule has 1 aromatic carbocycles. The Balaban J connectivity index is 1.18. The number of carbonyl (C=O) groups excluding carboxylic acids is 1. The summed E-state index contributed by atoms with van der Waals surface area (Å²) in [7, 11) is 0. The smallest absolute Gasteiger partial charge is 0.277 e. The number of rotatable bonds is 9. The van der Waals surface area contributed by atoms with Crippen molar-refractivity contribution in [1.82, 2.24) is 15.5 Å². The van der Waals surface area contributed by atoms with E-state index in [-0.39, 0.29) is 11.7 Å². The van der Waals surface area contributed by atoms with Gasteiger partial charge < -0.3 is 9.73 Å². The molecule has 1 N–H and O–H groups in total.